The molecular formula is C43H83NO13Si2. The zero-order valence-corrected chi connectivity index (χ0v) is 41.9. The Kier molecular flexibility index (Phi) is 17.7. The molecule has 0 aliphatic carbocycles. The number of nitrogens with zero attached hydrogens (tertiary/aromatic N) is 1. The highest BCUT2D eigenvalue weighted by molar-refractivity contribution is 6.70. The van der Waals surface area contributed by atoms with Gasteiger partial charge in [-0.3, -0.25) is 9.59 Å². The van der Waals surface area contributed by atoms with Crippen molar-refractivity contribution in [2.45, 2.75) is 218 Å². The van der Waals surface area contributed by atoms with Gasteiger partial charge in [0.25, 0.3) is 0 Å². The summed E-state index contributed by atoms with van der Waals surface area (Å²) in [5, 5.41) is 36.1. The highest BCUT2D eigenvalue weighted by atomic mass is 28.4. The molecule has 3 heterocycles. The number of Topliss-reactive ketones (excluding diaryl/α,β-unsaturated/α-hetero) is 1. The van der Waals surface area contributed by atoms with E-state index in [4.69, 9.17) is 37.3 Å². The number of rotatable bonds is 11. The summed E-state index contributed by atoms with van der Waals surface area (Å²) in [7, 11) is 1.40. The number of carbonyl (C=O) groups excluding carboxylic acids is 2. The number of esters is 1. The van der Waals surface area contributed by atoms with Gasteiger partial charge in [-0.05, 0) is 114 Å². The van der Waals surface area contributed by atoms with E-state index in [1.165, 1.54) is 6.92 Å². The molecule has 0 aromatic carbocycles. The van der Waals surface area contributed by atoms with Crippen molar-refractivity contribution in [3.8, 4) is 0 Å². The van der Waals surface area contributed by atoms with Gasteiger partial charge in [0, 0.05) is 37.3 Å². The molecule has 0 aromatic rings. The van der Waals surface area contributed by atoms with E-state index < -0.39 is 118 Å². The summed E-state index contributed by atoms with van der Waals surface area (Å²) in [4.78, 5) is 30.6. The maximum Gasteiger partial charge on any atom is 0.311 e. The fourth-order valence-corrected chi connectivity index (χ4v) is 11.8. The molecule has 18 atom stereocenters. The second kappa shape index (κ2) is 19.9. The number of hydrogen-bond donors (Lipinski definition) is 3. The Morgan fingerprint density at radius 3 is 1.90 bits per heavy atom. The number of aliphatic hydroxyl groups is 3. The number of aliphatic hydroxyl groups excluding tert-OH is 1. The number of ketones is 1. The van der Waals surface area contributed by atoms with Crippen molar-refractivity contribution in [2.24, 2.45) is 23.7 Å². The average Bonchev–Trinajstić information content (AvgIpc) is 3.10. The van der Waals surface area contributed by atoms with E-state index in [0.29, 0.717) is 6.42 Å². The fourth-order valence-electron chi connectivity index (χ4n) is 9.52. The Morgan fingerprint density at radius 1 is 0.814 bits per heavy atom. The molecule has 1 unspecified atom stereocenters. The molecule has 0 amide bonds. The van der Waals surface area contributed by atoms with E-state index in [1.807, 2.05) is 41.8 Å². The van der Waals surface area contributed by atoms with Gasteiger partial charge in [-0.1, -0.05) is 27.7 Å². The van der Waals surface area contributed by atoms with Crippen LogP contribution < -0.4 is 0 Å². The van der Waals surface area contributed by atoms with Crippen LogP contribution in [0.15, 0.2) is 0 Å². The molecule has 59 heavy (non-hydrogen) atoms. The first-order valence-electron chi connectivity index (χ1n) is 21.9. The Bertz CT molecular complexity index is 1390. The Labute approximate surface area is 357 Å². The molecule has 16 heteroatoms. The first-order valence-corrected chi connectivity index (χ1v) is 28.7. The van der Waals surface area contributed by atoms with Crippen molar-refractivity contribution in [1.29, 1.82) is 0 Å². The number of carbonyl (C=O) groups is 2. The van der Waals surface area contributed by atoms with Crippen LogP contribution in [0, 0.1) is 23.7 Å². The standard InChI is InChI=1S/C43H83NO13Si2/c1-20-31-43(10,49)36(46)26(4)33(45)24(2)22-41(8,48)37(55-40-35(56-58(14,15)16)30(44(11)12)21-25(3)51-40)27(5)34(28(6)39(47)53-31)54-32-23-42(9,50-13)38(29(7)52-32)57-59(17,18)19/h24-32,34-38,40,46,48-49H,20-23H2,1-19H3/t24-,25-,26+,27+,28-,29+,30+,31-,32+,34+,35-,36-,37-,38+,40+,41-,42?,43-/m1/s1. The van der Waals surface area contributed by atoms with E-state index in [2.05, 4.69) is 44.2 Å². The van der Waals surface area contributed by atoms with Crippen molar-refractivity contribution in [3.05, 3.63) is 0 Å². The lowest BCUT2D eigenvalue weighted by Crippen LogP contribution is -2.62. The van der Waals surface area contributed by atoms with Gasteiger partial charge in [0.2, 0.25) is 0 Å². The lowest BCUT2D eigenvalue weighted by atomic mass is 9.74. The van der Waals surface area contributed by atoms with Crippen LogP contribution in [-0.2, 0) is 46.9 Å². The van der Waals surface area contributed by atoms with E-state index in [1.54, 1.807) is 41.7 Å². The smallest absolute Gasteiger partial charge is 0.311 e. The second-order valence-corrected chi connectivity index (χ2v) is 29.8. The Morgan fingerprint density at radius 2 is 1.39 bits per heavy atom. The normalized spacial score (nSPS) is 45.2. The van der Waals surface area contributed by atoms with E-state index in [0.717, 1.165) is 0 Å². The lowest BCUT2D eigenvalue weighted by Gasteiger charge is -2.51. The summed E-state index contributed by atoms with van der Waals surface area (Å²) in [6.45, 7) is 30.1. The number of methoxy groups -OCH3 is 1. The zero-order valence-electron chi connectivity index (χ0n) is 39.9. The monoisotopic (exact) mass is 878 g/mol. The van der Waals surface area contributed by atoms with Gasteiger partial charge in [0.1, 0.15) is 23.6 Å². The zero-order chi connectivity index (χ0) is 45.4. The van der Waals surface area contributed by atoms with Gasteiger partial charge in [-0.15, -0.1) is 0 Å². The molecule has 0 radical (unpaired) electrons. The predicted octanol–water partition coefficient (Wildman–Crippen LogP) is 5.50. The van der Waals surface area contributed by atoms with Gasteiger partial charge in [0.05, 0.1) is 53.7 Å². The Balaban J connectivity index is 2.25. The Hall–Kier alpha value is -0.866. The molecule has 0 saturated carbocycles. The summed E-state index contributed by atoms with van der Waals surface area (Å²) < 4.78 is 52.8. The minimum Gasteiger partial charge on any atom is -0.459 e. The lowest BCUT2D eigenvalue weighted by molar-refractivity contribution is -0.315. The van der Waals surface area contributed by atoms with Crippen LogP contribution >= 0.6 is 0 Å². The molecule has 3 rings (SSSR count). The van der Waals surface area contributed by atoms with Crippen LogP contribution in [-0.4, -0.2) is 154 Å². The van der Waals surface area contributed by atoms with E-state index in [-0.39, 0.29) is 37.2 Å². The second-order valence-electron chi connectivity index (χ2n) is 20.9. The van der Waals surface area contributed by atoms with E-state index >= 15 is 0 Å². The molecule has 0 bridgehead atoms. The van der Waals surface area contributed by atoms with Gasteiger partial charge >= 0.3 is 5.97 Å². The predicted molar refractivity (Wildman–Crippen MR) is 231 cm³/mol. The van der Waals surface area contributed by atoms with Crippen LogP contribution in [0.5, 0.6) is 0 Å². The number of cyclic esters (lactones) is 1. The summed E-state index contributed by atoms with van der Waals surface area (Å²) >= 11 is 0. The van der Waals surface area contributed by atoms with Gasteiger partial charge in [-0.25, -0.2) is 0 Å². The van der Waals surface area contributed by atoms with E-state index in [9.17, 15) is 24.9 Å². The number of hydrogen-bond acceptors (Lipinski definition) is 14. The van der Waals surface area contributed by atoms with Gasteiger partial charge in [0.15, 0.2) is 29.2 Å². The molecule has 3 aliphatic heterocycles. The van der Waals surface area contributed by atoms with Crippen molar-refractivity contribution >= 4 is 28.4 Å². The van der Waals surface area contributed by atoms with Gasteiger partial charge in [-0.2, -0.15) is 0 Å². The number of ether oxygens (including phenoxy) is 6. The molecule has 3 N–H and O–H groups in total. The molecule has 3 aliphatic rings. The number of likely N-dealkylation sites (N-methyl/N-ethyl adjacent to an activating group) is 1. The molecule has 14 nitrogen and oxygen atoms in total. The fraction of sp³-hybridized carbons (Fsp3) is 0.953. The molecular weight excluding hydrogens is 795 g/mol. The van der Waals surface area contributed by atoms with Gasteiger partial charge < -0.3 is 57.5 Å². The van der Waals surface area contributed by atoms with Crippen LogP contribution in [0.1, 0.15) is 94.9 Å². The minimum absolute atomic E-state index is 0.0733. The highest BCUT2D eigenvalue weighted by Crippen LogP contribution is 2.42. The summed E-state index contributed by atoms with van der Waals surface area (Å²) in [6.07, 6.45) is -7.22. The van der Waals surface area contributed by atoms with Crippen LogP contribution in [0.4, 0.5) is 0 Å². The van der Waals surface area contributed by atoms with Crippen molar-refractivity contribution < 1.29 is 62.2 Å². The largest absolute Gasteiger partial charge is 0.459 e. The highest BCUT2D eigenvalue weighted by Gasteiger charge is 2.54. The minimum atomic E-state index is -2.19. The SMILES string of the molecule is CC[C@H]1OC(=O)[C@H](C)[C@@H](O[C@H]2CC(C)(OC)[C@@H](O[Si](C)(C)C)[C@H](C)O2)[C@H](C)[C@@H](O[C@@H]2O[C@H](C)C[C@H](N(C)C)[C@H]2O[Si](C)(C)C)[C@](C)(O)C[C@@H](C)C(=O)[C@H](C)[C@@H](O)[C@]1(C)O. The molecule has 3 fully saturated rings. The van der Waals surface area contributed by atoms with Crippen molar-refractivity contribution in [3.63, 3.8) is 0 Å². The molecule has 3 saturated heterocycles. The quantitative estimate of drug-likeness (QED) is 0.176. The first kappa shape index (κ1) is 52.5. The summed E-state index contributed by atoms with van der Waals surface area (Å²) in [6, 6.07) is -0.0769. The third-order valence-electron chi connectivity index (χ3n) is 12.7. The molecule has 346 valence electrons. The third kappa shape index (κ3) is 12.9. The first-order chi connectivity index (χ1) is 26.8. The average molecular weight is 878 g/mol. The topological polar surface area (TPSA) is 172 Å². The molecule has 0 spiro atoms. The van der Waals surface area contributed by atoms with Crippen molar-refractivity contribution in [1.82, 2.24) is 4.90 Å². The van der Waals surface area contributed by atoms with Crippen LogP contribution in [0.25, 0.3) is 0 Å². The van der Waals surface area contributed by atoms with Crippen molar-refractivity contribution in [2.75, 3.05) is 21.2 Å². The summed E-state index contributed by atoms with van der Waals surface area (Å²) in [5.41, 5.74) is -4.53. The van der Waals surface area contributed by atoms with Crippen LogP contribution in [0.2, 0.25) is 39.3 Å². The molecule has 0 aromatic heterocycles. The maximum absolute atomic E-state index is 14.4. The summed E-state index contributed by atoms with van der Waals surface area (Å²) in [5.74, 6) is -4.67. The maximum atomic E-state index is 14.4. The van der Waals surface area contributed by atoms with Crippen LogP contribution in [0.3, 0.4) is 0 Å². The third-order valence-corrected chi connectivity index (χ3v) is 14.7.